The van der Waals surface area contributed by atoms with Gasteiger partial charge in [-0.15, -0.1) is 0 Å². The lowest BCUT2D eigenvalue weighted by Crippen LogP contribution is -2.35. The molecule has 162 valence electrons. The molecule has 0 atom stereocenters. The third-order valence-electron chi connectivity index (χ3n) is 3.83. The third-order valence-corrected chi connectivity index (χ3v) is 6.38. The van der Waals surface area contributed by atoms with Gasteiger partial charge < -0.3 is 10.6 Å². The Hall–Kier alpha value is -2.80. The number of nitrogens with zero attached hydrogens (tertiary/aromatic N) is 1. The SMILES string of the molecule is CC(=O)Nc1ccc(S(=O)(=O)N(C)CC(=O)Nc2cccc(CS(N)(=O)=O)c2)cc1. The number of sulfonamides is 2. The molecule has 10 nitrogen and oxygen atoms in total. The van der Waals surface area contributed by atoms with Gasteiger partial charge in [0.05, 0.1) is 17.2 Å². The van der Waals surface area contributed by atoms with E-state index in [1.165, 1.54) is 44.3 Å². The van der Waals surface area contributed by atoms with Crippen molar-refractivity contribution >= 4 is 43.2 Å². The summed E-state index contributed by atoms with van der Waals surface area (Å²) in [5.74, 6) is -1.28. The molecule has 0 radical (unpaired) electrons. The van der Waals surface area contributed by atoms with Gasteiger partial charge in [-0.1, -0.05) is 12.1 Å². The Balaban J connectivity index is 2.06. The fourth-order valence-corrected chi connectivity index (χ4v) is 4.32. The van der Waals surface area contributed by atoms with Gasteiger partial charge in [-0.2, -0.15) is 4.31 Å². The van der Waals surface area contributed by atoms with Crippen molar-refractivity contribution in [3.63, 3.8) is 0 Å². The van der Waals surface area contributed by atoms with Gasteiger partial charge in [0.25, 0.3) is 0 Å². The van der Waals surface area contributed by atoms with E-state index in [9.17, 15) is 26.4 Å². The molecule has 2 aromatic carbocycles. The Morgan fingerprint density at radius 3 is 2.17 bits per heavy atom. The van der Waals surface area contributed by atoms with E-state index in [0.717, 1.165) is 4.31 Å². The minimum atomic E-state index is -3.94. The molecule has 12 heteroatoms. The first-order valence-electron chi connectivity index (χ1n) is 8.60. The Bertz CT molecular complexity index is 1150. The molecule has 0 aliphatic rings. The van der Waals surface area contributed by atoms with Gasteiger partial charge in [-0.25, -0.2) is 22.0 Å². The highest BCUT2D eigenvalue weighted by Gasteiger charge is 2.23. The van der Waals surface area contributed by atoms with E-state index in [1.807, 2.05) is 0 Å². The van der Waals surface area contributed by atoms with Crippen LogP contribution in [0.2, 0.25) is 0 Å². The second-order valence-corrected chi connectivity index (χ2v) is 10.2. The molecule has 0 saturated carbocycles. The molecule has 30 heavy (non-hydrogen) atoms. The van der Waals surface area contributed by atoms with Crippen LogP contribution < -0.4 is 15.8 Å². The van der Waals surface area contributed by atoms with Crippen LogP contribution in [0.4, 0.5) is 11.4 Å². The van der Waals surface area contributed by atoms with Crippen LogP contribution in [0.15, 0.2) is 53.4 Å². The normalized spacial score (nSPS) is 11.9. The van der Waals surface area contributed by atoms with Crippen LogP contribution >= 0.6 is 0 Å². The molecule has 0 spiro atoms. The third kappa shape index (κ3) is 6.91. The minimum absolute atomic E-state index is 0.0398. The maximum atomic E-state index is 12.6. The van der Waals surface area contributed by atoms with E-state index in [1.54, 1.807) is 18.2 Å². The zero-order valence-corrected chi connectivity index (χ0v) is 18.0. The second-order valence-electron chi connectivity index (χ2n) is 6.52. The fraction of sp³-hybridized carbons (Fsp3) is 0.222. The number of hydrogen-bond acceptors (Lipinski definition) is 6. The molecule has 0 aromatic heterocycles. The van der Waals surface area contributed by atoms with Crippen LogP contribution in [0, 0.1) is 0 Å². The van der Waals surface area contributed by atoms with Crippen LogP contribution in [0.25, 0.3) is 0 Å². The van der Waals surface area contributed by atoms with Crippen molar-refractivity contribution in [3.05, 3.63) is 54.1 Å². The van der Waals surface area contributed by atoms with E-state index in [0.29, 0.717) is 16.9 Å². The summed E-state index contributed by atoms with van der Waals surface area (Å²) >= 11 is 0. The summed E-state index contributed by atoms with van der Waals surface area (Å²) in [5, 5.41) is 10.1. The van der Waals surface area contributed by atoms with Gasteiger partial charge >= 0.3 is 0 Å². The van der Waals surface area contributed by atoms with E-state index in [2.05, 4.69) is 10.6 Å². The summed E-state index contributed by atoms with van der Waals surface area (Å²) in [6.45, 7) is 0.872. The summed E-state index contributed by atoms with van der Waals surface area (Å²) in [6, 6.07) is 11.6. The van der Waals surface area contributed by atoms with Crippen molar-refractivity contribution in [2.24, 2.45) is 5.14 Å². The lowest BCUT2D eigenvalue weighted by atomic mass is 10.2. The number of primary sulfonamides is 1. The van der Waals surface area contributed by atoms with E-state index < -0.39 is 32.5 Å². The van der Waals surface area contributed by atoms with Crippen molar-refractivity contribution in [1.29, 1.82) is 0 Å². The molecule has 0 unspecified atom stereocenters. The molecule has 2 aromatic rings. The highest BCUT2D eigenvalue weighted by Crippen LogP contribution is 2.18. The second kappa shape index (κ2) is 9.34. The van der Waals surface area contributed by atoms with E-state index in [4.69, 9.17) is 5.14 Å². The molecule has 0 saturated heterocycles. The molecule has 0 fully saturated rings. The summed E-state index contributed by atoms with van der Waals surface area (Å²) < 4.78 is 48.6. The molecule has 0 aliphatic carbocycles. The number of nitrogens with one attached hydrogen (secondary N) is 2. The summed E-state index contributed by atoms with van der Waals surface area (Å²) in [5.41, 5.74) is 1.14. The number of likely N-dealkylation sites (N-methyl/N-ethyl adjacent to an activating group) is 1. The van der Waals surface area contributed by atoms with Crippen LogP contribution in [0.1, 0.15) is 12.5 Å². The number of nitrogens with two attached hydrogens (primary N) is 1. The first kappa shape index (κ1) is 23.5. The number of amides is 2. The molecule has 4 N–H and O–H groups in total. The Morgan fingerprint density at radius 1 is 0.967 bits per heavy atom. The van der Waals surface area contributed by atoms with Crippen LogP contribution in [-0.4, -0.2) is 46.5 Å². The number of carbonyl (C=O) groups excluding carboxylic acids is 2. The van der Waals surface area contributed by atoms with Gasteiger partial charge in [0, 0.05) is 25.3 Å². The number of benzene rings is 2. The molecule has 2 rings (SSSR count). The number of anilines is 2. The van der Waals surface area contributed by atoms with Crippen molar-refractivity contribution in [1.82, 2.24) is 4.31 Å². The quantitative estimate of drug-likeness (QED) is 0.533. The van der Waals surface area contributed by atoms with Crippen molar-refractivity contribution in [2.45, 2.75) is 17.6 Å². The maximum Gasteiger partial charge on any atom is 0.243 e. The average Bonchev–Trinajstić information content (AvgIpc) is 2.60. The van der Waals surface area contributed by atoms with Crippen molar-refractivity contribution < 1.29 is 26.4 Å². The number of rotatable bonds is 8. The average molecular weight is 455 g/mol. The predicted octanol–water partition coefficient (Wildman–Crippen LogP) is 0.693. The molecule has 2 amide bonds. The molecule has 0 heterocycles. The van der Waals surface area contributed by atoms with Crippen molar-refractivity contribution in [3.8, 4) is 0 Å². The molecule has 0 aliphatic heterocycles. The summed E-state index contributed by atoms with van der Waals surface area (Å²) in [6.07, 6.45) is 0. The highest BCUT2D eigenvalue weighted by atomic mass is 32.2. The number of hydrogen-bond donors (Lipinski definition) is 3. The fourth-order valence-electron chi connectivity index (χ4n) is 2.55. The van der Waals surface area contributed by atoms with Gasteiger partial charge in [0.15, 0.2) is 0 Å². The van der Waals surface area contributed by atoms with Gasteiger partial charge in [-0.05, 0) is 42.0 Å². The monoisotopic (exact) mass is 454 g/mol. The first-order chi connectivity index (χ1) is 13.9. The predicted molar refractivity (Wildman–Crippen MR) is 112 cm³/mol. The van der Waals surface area contributed by atoms with Crippen molar-refractivity contribution in [2.75, 3.05) is 24.2 Å². The zero-order valence-electron chi connectivity index (χ0n) is 16.3. The van der Waals surface area contributed by atoms with Gasteiger partial charge in [-0.3, -0.25) is 9.59 Å². The van der Waals surface area contributed by atoms with E-state index in [-0.39, 0.29) is 16.6 Å². The first-order valence-corrected chi connectivity index (χ1v) is 11.8. The zero-order chi connectivity index (χ0) is 22.5. The lowest BCUT2D eigenvalue weighted by molar-refractivity contribution is -0.116. The topological polar surface area (TPSA) is 156 Å². The smallest absolute Gasteiger partial charge is 0.243 e. The minimum Gasteiger partial charge on any atom is -0.326 e. The summed E-state index contributed by atoms with van der Waals surface area (Å²) in [4.78, 5) is 23.3. The Morgan fingerprint density at radius 2 is 1.60 bits per heavy atom. The molecular weight excluding hydrogens is 432 g/mol. The molecule has 0 bridgehead atoms. The van der Waals surface area contributed by atoms with Crippen LogP contribution in [0.3, 0.4) is 0 Å². The van der Waals surface area contributed by atoms with Gasteiger partial charge in [0.1, 0.15) is 0 Å². The molecular formula is C18H22N4O6S2. The largest absolute Gasteiger partial charge is 0.326 e. The van der Waals surface area contributed by atoms with Crippen LogP contribution in [0.5, 0.6) is 0 Å². The number of carbonyl (C=O) groups is 2. The maximum absolute atomic E-state index is 12.6. The highest BCUT2D eigenvalue weighted by molar-refractivity contribution is 7.89. The van der Waals surface area contributed by atoms with Crippen LogP contribution in [-0.2, 0) is 35.4 Å². The standard InChI is InChI=1S/C18H22N4O6S2/c1-13(23)20-15-6-8-17(9-7-15)30(27,28)22(2)11-18(24)21-16-5-3-4-14(10-16)12-29(19,25)26/h3-10H,11-12H2,1-2H3,(H,20,23)(H,21,24)(H2,19,25,26). The Kier molecular flexibility index (Phi) is 7.31. The van der Waals surface area contributed by atoms with Gasteiger partial charge in [0.2, 0.25) is 31.9 Å². The lowest BCUT2D eigenvalue weighted by Gasteiger charge is -2.17. The Labute approximate surface area is 175 Å². The summed E-state index contributed by atoms with van der Waals surface area (Å²) in [7, 11) is -6.41. The van der Waals surface area contributed by atoms with E-state index >= 15 is 0 Å².